The average Bonchev–Trinajstić information content (AvgIpc) is 2.40. The number of halogens is 1. The molecule has 0 atom stereocenters. The number of hydrogen-bond donors (Lipinski definition) is 1. The fourth-order valence-electron chi connectivity index (χ4n) is 1.73. The number of nitrogen functional groups attached to an aromatic ring is 1. The lowest BCUT2D eigenvalue weighted by molar-refractivity contribution is 0.0511. The summed E-state index contributed by atoms with van der Waals surface area (Å²) in [4.78, 5) is 11.9. The van der Waals surface area contributed by atoms with Crippen molar-refractivity contribution < 1.29 is 9.53 Å². The summed E-state index contributed by atoms with van der Waals surface area (Å²) in [6.45, 7) is 0.299. The lowest BCUT2D eigenvalue weighted by Crippen LogP contribution is -2.11. The predicted molar refractivity (Wildman–Crippen MR) is 76.3 cm³/mol. The van der Waals surface area contributed by atoms with Crippen LogP contribution in [-0.2, 0) is 11.2 Å². The van der Waals surface area contributed by atoms with E-state index in [1.165, 1.54) is 0 Å². The first-order valence-electron chi connectivity index (χ1n) is 5.93. The summed E-state index contributed by atoms with van der Waals surface area (Å²) < 4.78 is 5.19. The highest BCUT2D eigenvalue weighted by Gasteiger charge is 2.14. The molecular formula is C15H14ClNO2. The Morgan fingerprint density at radius 2 is 1.84 bits per heavy atom. The fraction of sp³-hybridized carbons (Fsp3) is 0.133. The van der Waals surface area contributed by atoms with Gasteiger partial charge in [0.25, 0.3) is 0 Å². The van der Waals surface area contributed by atoms with Crippen molar-refractivity contribution in [3.05, 3.63) is 64.7 Å². The Morgan fingerprint density at radius 1 is 1.11 bits per heavy atom. The highest BCUT2D eigenvalue weighted by atomic mass is 35.5. The van der Waals surface area contributed by atoms with Gasteiger partial charge in [0.1, 0.15) is 5.56 Å². The van der Waals surface area contributed by atoms with Crippen LogP contribution in [0.5, 0.6) is 0 Å². The van der Waals surface area contributed by atoms with E-state index in [-0.39, 0.29) is 5.56 Å². The van der Waals surface area contributed by atoms with Gasteiger partial charge in [0.15, 0.2) is 0 Å². The number of hydrogen-bond acceptors (Lipinski definition) is 3. The van der Waals surface area contributed by atoms with E-state index < -0.39 is 5.97 Å². The lowest BCUT2D eigenvalue weighted by Gasteiger charge is -2.08. The molecule has 19 heavy (non-hydrogen) atoms. The number of benzene rings is 2. The minimum Gasteiger partial charge on any atom is -0.462 e. The van der Waals surface area contributed by atoms with Crippen LogP contribution in [0.3, 0.4) is 0 Å². The van der Waals surface area contributed by atoms with Crippen molar-refractivity contribution in [3.8, 4) is 0 Å². The third kappa shape index (κ3) is 3.48. The molecule has 0 spiro atoms. The summed E-state index contributed by atoms with van der Waals surface area (Å²) >= 11 is 5.94. The van der Waals surface area contributed by atoms with Gasteiger partial charge in [0.05, 0.1) is 11.6 Å². The molecule has 0 heterocycles. The number of carbonyl (C=O) groups excluding carboxylic acids is 1. The third-order valence-electron chi connectivity index (χ3n) is 2.72. The van der Waals surface area contributed by atoms with Gasteiger partial charge < -0.3 is 10.5 Å². The summed E-state index contributed by atoms with van der Waals surface area (Å²) in [5.74, 6) is -0.487. The molecule has 0 radical (unpaired) electrons. The summed E-state index contributed by atoms with van der Waals surface area (Å²) in [6, 6.07) is 14.7. The molecule has 2 rings (SSSR count). The first-order valence-corrected chi connectivity index (χ1v) is 6.31. The molecular weight excluding hydrogens is 262 g/mol. The van der Waals surface area contributed by atoms with Crippen LogP contribution >= 0.6 is 11.6 Å². The minimum absolute atomic E-state index is 0.234. The molecule has 0 bridgehead atoms. The van der Waals surface area contributed by atoms with E-state index in [0.29, 0.717) is 23.7 Å². The Hall–Kier alpha value is -2.00. The molecule has 0 aliphatic carbocycles. The maximum Gasteiger partial charge on any atom is 0.341 e. The van der Waals surface area contributed by atoms with Crippen molar-refractivity contribution in [2.75, 3.05) is 12.3 Å². The molecule has 0 aromatic heterocycles. The molecule has 0 aliphatic rings. The van der Waals surface area contributed by atoms with Crippen molar-refractivity contribution in [2.24, 2.45) is 0 Å². The number of anilines is 1. The molecule has 98 valence electrons. The number of nitrogens with two attached hydrogens (primary N) is 1. The van der Waals surface area contributed by atoms with Gasteiger partial charge in [-0.25, -0.2) is 4.79 Å². The topological polar surface area (TPSA) is 52.3 Å². The van der Waals surface area contributed by atoms with Crippen LogP contribution in [0.4, 0.5) is 5.69 Å². The second kappa shape index (κ2) is 6.25. The van der Waals surface area contributed by atoms with E-state index in [4.69, 9.17) is 22.1 Å². The van der Waals surface area contributed by atoms with Crippen LogP contribution in [0.1, 0.15) is 15.9 Å². The molecule has 2 N–H and O–H groups in total. The molecule has 0 aliphatic heterocycles. The van der Waals surface area contributed by atoms with E-state index in [1.807, 2.05) is 30.3 Å². The van der Waals surface area contributed by atoms with E-state index >= 15 is 0 Å². The van der Waals surface area contributed by atoms with Gasteiger partial charge in [-0.05, 0) is 17.7 Å². The molecule has 2 aromatic rings. The molecule has 0 fully saturated rings. The Morgan fingerprint density at radius 3 is 2.53 bits per heavy atom. The van der Waals surface area contributed by atoms with E-state index in [0.717, 1.165) is 5.56 Å². The van der Waals surface area contributed by atoms with Gasteiger partial charge in [-0.2, -0.15) is 0 Å². The Labute approximate surface area is 117 Å². The van der Waals surface area contributed by atoms with Crippen molar-refractivity contribution >= 4 is 23.3 Å². The maximum absolute atomic E-state index is 11.9. The van der Waals surface area contributed by atoms with Crippen LogP contribution in [-0.4, -0.2) is 12.6 Å². The lowest BCUT2D eigenvalue weighted by atomic mass is 10.1. The number of ether oxygens (including phenoxy) is 1. The summed E-state index contributed by atoms with van der Waals surface area (Å²) in [5.41, 5.74) is 7.40. The SMILES string of the molecule is Nc1cccc(Cl)c1C(=O)OCCc1ccccc1. The number of esters is 1. The minimum atomic E-state index is -0.487. The molecule has 4 heteroatoms. The smallest absolute Gasteiger partial charge is 0.341 e. The standard InChI is InChI=1S/C15H14ClNO2/c16-12-7-4-8-13(17)14(12)15(18)19-10-9-11-5-2-1-3-6-11/h1-8H,9-10,17H2. The molecule has 0 saturated carbocycles. The van der Waals surface area contributed by atoms with Gasteiger partial charge >= 0.3 is 5.97 Å². The summed E-state index contributed by atoms with van der Waals surface area (Å²) in [7, 11) is 0. The van der Waals surface area contributed by atoms with Gasteiger partial charge in [-0.15, -0.1) is 0 Å². The molecule has 3 nitrogen and oxygen atoms in total. The Kier molecular flexibility index (Phi) is 4.42. The number of carbonyl (C=O) groups is 1. The summed E-state index contributed by atoms with van der Waals surface area (Å²) in [5, 5.41) is 0.310. The van der Waals surface area contributed by atoms with Crippen LogP contribution in [0.2, 0.25) is 5.02 Å². The van der Waals surface area contributed by atoms with Crippen LogP contribution < -0.4 is 5.73 Å². The van der Waals surface area contributed by atoms with E-state index in [2.05, 4.69) is 0 Å². The molecule has 2 aromatic carbocycles. The van der Waals surface area contributed by atoms with Crippen molar-refractivity contribution in [1.29, 1.82) is 0 Å². The second-order valence-electron chi connectivity index (χ2n) is 4.08. The van der Waals surface area contributed by atoms with Gasteiger partial charge in [-0.1, -0.05) is 48.0 Å². The monoisotopic (exact) mass is 275 g/mol. The van der Waals surface area contributed by atoms with Crippen LogP contribution in [0.25, 0.3) is 0 Å². The third-order valence-corrected chi connectivity index (χ3v) is 3.03. The first kappa shape index (κ1) is 13.4. The Bertz CT molecular complexity index is 549. The predicted octanol–water partition coefficient (Wildman–Crippen LogP) is 3.32. The van der Waals surface area contributed by atoms with Gasteiger partial charge in [-0.3, -0.25) is 0 Å². The largest absolute Gasteiger partial charge is 0.462 e. The highest BCUT2D eigenvalue weighted by Crippen LogP contribution is 2.22. The fourth-order valence-corrected chi connectivity index (χ4v) is 1.99. The van der Waals surface area contributed by atoms with E-state index in [9.17, 15) is 4.79 Å². The van der Waals surface area contributed by atoms with Gasteiger partial charge in [0, 0.05) is 12.1 Å². The zero-order chi connectivity index (χ0) is 13.7. The van der Waals surface area contributed by atoms with Crippen LogP contribution in [0, 0.1) is 0 Å². The van der Waals surface area contributed by atoms with Crippen molar-refractivity contribution in [2.45, 2.75) is 6.42 Å². The van der Waals surface area contributed by atoms with Gasteiger partial charge in [0.2, 0.25) is 0 Å². The second-order valence-corrected chi connectivity index (χ2v) is 4.48. The zero-order valence-electron chi connectivity index (χ0n) is 10.3. The number of rotatable bonds is 4. The van der Waals surface area contributed by atoms with E-state index in [1.54, 1.807) is 18.2 Å². The molecule has 0 amide bonds. The quantitative estimate of drug-likeness (QED) is 0.688. The van der Waals surface area contributed by atoms with Crippen LogP contribution in [0.15, 0.2) is 48.5 Å². The first-order chi connectivity index (χ1) is 9.18. The molecule has 0 saturated heterocycles. The average molecular weight is 276 g/mol. The zero-order valence-corrected chi connectivity index (χ0v) is 11.1. The normalized spacial score (nSPS) is 10.2. The highest BCUT2D eigenvalue weighted by molar-refractivity contribution is 6.34. The Balaban J connectivity index is 1.95. The maximum atomic E-state index is 11.9. The van der Waals surface area contributed by atoms with Crippen molar-refractivity contribution in [3.63, 3.8) is 0 Å². The molecule has 0 unspecified atom stereocenters. The summed E-state index contributed by atoms with van der Waals surface area (Å²) in [6.07, 6.45) is 0.664. The van der Waals surface area contributed by atoms with Crippen molar-refractivity contribution in [1.82, 2.24) is 0 Å².